The van der Waals surface area contributed by atoms with Crippen LogP contribution in [0.15, 0.2) is 35.7 Å². The van der Waals surface area contributed by atoms with Crippen LogP contribution in [-0.4, -0.2) is 30.6 Å². The molecule has 0 aliphatic carbocycles. The number of rotatable bonds is 6. The summed E-state index contributed by atoms with van der Waals surface area (Å²) in [4.78, 5) is 4.01. The van der Waals surface area contributed by atoms with E-state index in [1.54, 1.807) is 17.1 Å². The first kappa shape index (κ1) is 17.0. The predicted octanol–water partition coefficient (Wildman–Crippen LogP) is 2.31. The van der Waals surface area contributed by atoms with Crippen molar-refractivity contribution in [2.75, 3.05) is 6.61 Å². The smallest absolute Gasteiger partial charge is 0.259 e. The first-order chi connectivity index (χ1) is 11.3. The fraction of sp³-hybridized carbons (Fsp3) is 0.471. The third kappa shape index (κ3) is 3.62. The molecular formula is C17H23N3O3S. The van der Waals surface area contributed by atoms with Gasteiger partial charge in [0, 0.05) is 24.7 Å². The van der Waals surface area contributed by atoms with Gasteiger partial charge >= 0.3 is 0 Å². The molecule has 3 rings (SSSR count). The highest BCUT2D eigenvalue weighted by molar-refractivity contribution is 7.89. The van der Waals surface area contributed by atoms with Crippen LogP contribution < -0.4 is 9.46 Å². The van der Waals surface area contributed by atoms with Gasteiger partial charge in [0.1, 0.15) is 5.75 Å². The predicted molar refractivity (Wildman–Crippen MR) is 91.7 cm³/mol. The van der Waals surface area contributed by atoms with Crippen LogP contribution in [0.3, 0.4) is 0 Å². The fourth-order valence-corrected chi connectivity index (χ4v) is 4.01. The van der Waals surface area contributed by atoms with Crippen LogP contribution in [0, 0.1) is 0 Å². The molecule has 0 saturated carbocycles. The van der Waals surface area contributed by atoms with Gasteiger partial charge in [0.2, 0.25) is 0 Å². The lowest BCUT2D eigenvalue weighted by atomic mass is 10.0. The Morgan fingerprint density at radius 3 is 2.83 bits per heavy atom. The second-order valence-electron chi connectivity index (χ2n) is 6.52. The molecule has 1 aliphatic heterocycles. The van der Waals surface area contributed by atoms with Crippen molar-refractivity contribution in [3.05, 3.63) is 41.9 Å². The topological polar surface area (TPSA) is 73.2 Å². The van der Waals surface area contributed by atoms with Gasteiger partial charge in [0.05, 0.1) is 12.9 Å². The van der Waals surface area contributed by atoms with Crippen LogP contribution in [0.2, 0.25) is 0 Å². The summed E-state index contributed by atoms with van der Waals surface area (Å²) in [6.07, 6.45) is 4.64. The number of ether oxygens (including phenoxy) is 1. The summed E-state index contributed by atoms with van der Waals surface area (Å²) in [5, 5.41) is 0.0606. The highest BCUT2D eigenvalue weighted by atomic mass is 32.2. The van der Waals surface area contributed by atoms with Gasteiger partial charge in [-0.05, 0) is 44.4 Å². The van der Waals surface area contributed by atoms with Crippen molar-refractivity contribution < 1.29 is 13.2 Å². The van der Waals surface area contributed by atoms with Crippen molar-refractivity contribution >= 4 is 10.0 Å². The molecule has 0 saturated heterocycles. The number of nitrogens with zero attached hydrogens (tertiary/aromatic N) is 2. The number of hydrogen-bond donors (Lipinski definition) is 1. The molecule has 130 valence electrons. The molecule has 1 aromatic heterocycles. The standard InChI is InChI=1S/C17H23N3O3S/c1-12(2)20-10-17(18-11-20)24(21,22)19-13(3)8-14-4-5-16-15(9-14)6-7-23-16/h4-5,9-13,19H,6-8H2,1-3H3/t13-/m0/s1. The Balaban J connectivity index is 1.68. The number of aromatic nitrogens is 2. The summed E-state index contributed by atoms with van der Waals surface area (Å²) in [5.74, 6) is 0.936. The van der Waals surface area contributed by atoms with Gasteiger partial charge < -0.3 is 9.30 Å². The Bertz CT molecular complexity index is 827. The molecular weight excluding hydrogens is 326 g/mol. The van der Waals surface area contributed by atoms with E-state index in [0.717, 1.165) is 24.3 Å². The molecule has 1 aliphatic rings. The molecule has 1 aromatic carbocycles. The molecule has 1 N–H and O–H groups in total. The lowest BCUT2D eigenvalue weighted by Crippen LogP contribution is -2.34. The van der Waals surface area contributed by atoms with E-state index < -0.39 is 10.0 Å². The average Bonchev–Trinajstić information content (AvgIpc) is 3.15. The number of imidazole rings is 1. The quantitative estimate of drug-likeness (QED) is 0.868. The van der Waals surface area contributed by atoms with E-state index in [4.69, 9.17) is 4.74 Å². The third-order valence-corrected chi connectivity index (χ3v) is 5.58. The molecule has 2 aromatic rings. The molecule has 2 heterocycles. The SMILES string of the molecule is CC(C)n1cnc(S(=O)(=O)N[C@@H](C)Cc2ccc3c(c2)CCO3)c1. The van der Waals surface area contributed by atoms with E-state index in [-0.39, 0.29) is 17.1 Å². The van der Waals surface area contributed by atoms with Crippen molar-refractivity contribution in [1.82, 2.24) is 14.3 Å². The molecule has 7 heteroatoms. The van der Waals surface area contributed by atoms with E-state index in [1.807, 2.05) is 32.9 Å². The Kier molecular flexibility index (Phi) is 4.64. The second-order valence-corrected chi connectivity index (χ2v) is 8.18. The Morgan fingerprint density at radius 1 is 1.33 bits per heavy atom. The first-order valence-corrected chi connectivity index (χ1v) is 9.64. The highest BCUT2D eigenvalue weighted by Crippen LogP contribution is 2.26. The number of fused-ring (bicyclic) bond motifs is 1. The van der Waals surface area contributed by atoms with Crippen LogP contribution in [0.5, 0.6) is 5.75 Å². The van der Waals surface area contributed by atoms with Crippen LogP contribution in [-0.2, 0) is 22.9 Å². The molecule has 0 bridgehead atoms. The summed E-state index contributed by atoms with van der Waals surface area (Å²) < 4.78 is 34.9. The number of benzene rings is 1. The van der Waals surface area contributed by atoms with Crippen molar-refractivity contribution in [3.63, 3.8) is 0 Å². The van der Waals surface area contributed by atoms with E-state index in [1.165, 1.54) is 5.56 Å². The number of sulfonamides is 1. The monoisotopic (exact) mass is 349 g/mol. The van der Waals surface area contributed by atoms with Crippen molar-refractivity contribution in [1.29, 1.82) is 0 Å². The maximum Gasteiger partial charge on any atom is 0.259 e. The Hall–Kier alpha value is -1.86. The van der Waals surface area contributed by atoms with Crippen LogP contribution >= 0.6 is 0 Å². The summed E-state index contributed by atoms with van der Waals surface area (Å²) >= 11 is 0. The Labute approximate surface area is 142 Å². The zero-order valence-corrected chi connectivity index (χ0v) is 15.0. The van der Waals surface area contributed by atoms with Gasteiger partial charge in [-0.3, -0.25) is 0 Å². The fourth-order valence-electron chi connectivity index (χ4n) is 2.83. The van der Waals surface area contributed by atoms with E-state index >= 15 is 0 Å². The maximum atomic E-state index is 12.4. The summed E-state index contributed by atoms with van der Waals surface area (Å²) in [5.41, 5.74) is 2.29. The minimum atomic E-state index is -3.61. The van der Waals surface area contributed by atoms with Crippen molar-refractivity contribution in [2.45, 2.75) is 50.7 Å². The number of nitrogens with one attached hydrogen (secondary N) is 1. The zero-order valence-electron chi connectivity index (χ0n) is 14.2. The molecule has 0 amide bonds. The molecule has 6 nitrogen and oxygen atoms in total. The van der Waals surface area contributed by atoms with Gasteiger partial charge in [-0.25, -0.2) is 18.1 Å². The summed E-state index contributed by atoms with van der Waals surface area (Å²) in [7, 11) is -3.61. The van der Waals surface area contributed by atoms with E-state index in [9.17, 15) is 8.42 Å². The number of hydrogen-bond acceptors (Lipinski definition) is 4. The minimum Gasteiger partial charge on any atom is -0.493 e. The Morgan fingerprint density at radius 2 is 2.12 bits per heavy atom. The maximum absolute atomic E-state index is 12.4. The lowest BCUT2D eigenvalue weighted by molar-refractivity contribution is 0.357. The summed E-state index contributed by atoms with van der Waals surface area (Å²) in [6, 6.07) is 6.00. The molecule has 0 fully saturated rings. The van der Waals surface area contributed by atoms with Crippen LogP contribution in [0.1, 0.15) is 37.9 Å². The molecule has 0 spiro atoms. The molecule has 0 unspecified atom stereocenters. The molecule has 1 atom stereocenters. The van der Waals surface area contributed by atoms with Gasteiger partial charge in [-0.15, -0.1) is 0 Å². The van der Waals surface area contributed by atoms with Crippen molar-refractivity contribution in [2.24, 2.45) is 0 Å². The van der Waals surface area contributed by atoms with Gasteiger partial charge in [-0.2, -0.15) is 0 Å². The van der Waals surface area contributed by atoms with Crippen molar-refractivity contribution in [3.8, 4) is 5.75 Å². The third-order valence-electron chi connectivity index (χ3n) is 4.10. The first-order valence-electron chi connectivity index (χ1n) is 8.15. The van der Waals surface area contributed by atoms with Crippen LogP contribution in [0.25, 0.3) is 0 Å². The summed E-state index contributed by atoms with van der Waals surface area (Å²) in [6.45, 7) is 6.54. The molecule has 24 heavy (non-hydrogen) atoms. The zero-order chi connectivity index (χ0) is 17.3. The normalized spacial score (nSPS) is 15.3. The second kappa shape index (κ2) is 6.57. The van der Waals surface area contributed by atoms with E-state index in [2.05, 4.69) is 15.8 Å². The largest absolute Gasteiger partial charge is 0.493 e. The average molecular weight is 349 g/mol. The van der Waals surface area contributed by atoms with Gasteiger partial charge in [0.15, 0.2) is 5.03 Å². The van der Waals surface area contributed by atoms with Gasteiger partial charge in [-0.1, -0.05) is 12.1 Å². The minimum absolute atomic E-state index is 0.0606. The highest BCUT2D eigenvalue weighted by Gasteiger charge is 2.21. The van der Waals surface area contributed by atoms with E-state index in [0.29, 0.717) is 6.42 Å². The molecule has 0 radical (unpaired) electrons. The lowest BCUT2D eigenvalue weighted by Gasteiger charge is -2.14. The van der Waals surface area contributed by atoms with Crippen LogP contribution in [0.4, 0.5) is 0 Å². The van der Waals surface area contributed by atoms with Gasteiger partial charge in [0.25, 0.3) is 10.0 Å².